The first-order valence-electron chi connectivity index (χ1n) is 8.06. The average molecular weight is 316 g/mol. The Morgan fingerprint density at radius 1 is 0.652 bits per heavy atom. The minimum Gasteiger partial charge on any atom is -0.135 e. The molecule has 1 heteroatoms. The Balaban J connectivity index is 2.18. The Labute approximate surface area is 141 Å². The molecule has 1 heterocycles. The van der Waals surface area contributed by atoms with Crippen LogP contribution in [-0.2, 0) is 5.41 Å². The van der Waals surface area contributed by atoms with Crippen molar-refractivity contribution in [3.8, 4) is 11.1 Å². The van der Waals surface area contributed by atoms with Crippen LogP contribution in [-0.4, -0.2) is 0 Å². The van der Waals surface area contributed by atoms with Crippen LogP contribution >= 0.6 is 11.3 Å². The Bertz CT molecular complexity index is 985. The lowest BCUT2D eigenvalue weighted by atomic mass is 9.83. The molecule has 0 aliphatic carbocycles. The third kappa shape index (κ3) is 2.36. The summed E-state index contributed by atoms with van der Waals surface area (Å²) in [6, 6.07) is 24.1. The molecule has 0 aliphatic rings. The van der Waals surface area contributed by atoms with Crippen LogP contribution in [0.3, 0.4) is 0 Å². The van der Waals surface area contributed by atoms with Crippen LogP contribution in [0.5, 0.6) is 0 Å². The van der Waals surface area contributed by atoms with E-state index in [-0.39, 0.29) is 5.41 Å². The van der Waals surface area contributed by atoms with Crippen LogP contribution < -0.4 is 0 Å². The molecule has 4 rings (SSSR count). The van der Waals surface area contributed by atoms with Crippen LogP contribution in [0.4, 0.5) is 0 Å². The molecule has 4 aromatic rings. The molecule has 0 aliphatic heterocycles. The van der Waals surface area contributed by atoms with E-state index >= 15 is 0 Å². The lowest BCUT2D eigenvalue weighted by molar-refractivity contribution is 0.596. The molecule has 0 saturated carbocycles. The van der Waals surface area contributed by atoms with E-state index in [9.17, 15) is 0 Å². The van der Waals surface area contributed by atoms with Crippen LogP contribution in [0, 0.1) is 0 Å². The van der Waals surface area contributed by atoms with Crippen molar-refractivity contribution in [3.63, 3.8) is 0 Å². The number of benzene rings is 3. The van der Waals surface area contributed by atoms with Gasteiger partial charge in [-0.25, -0.2) is 0 Å². The number of hydrogen-bond acceptors (Lipinski definition) is 1. The molecule has 3 aromatic carbocycles. The van der Waals surface area contributed by atoms with Gasteiger partial charge in [-0.3, -0.25) is 0 Å². The van der Waals surface area contributed by atoms with Gasteiger partial charge in [-0.15, -0.1) is 11.3 Å². The molecular weight excluding hydrogens is 296 g/mol. The minimum atomic E-state index is 0.136. The van der Waals surface area contributed by atoms with Gasteiger partial charge in [-0.1, -0.05) is 75.4 Å². The largest absolute Gasteiger partial charge is 0.135 e. The summed E-state index contributed by atoms with van der Waals surface area (Å²) >= 11 is 1.90. The molecule has 23 heavy (non-hydrogen) atoms. The third-order valence-corrected chi connectivity index (χ3v) is 5.54. The second kappa shape index (κ2) is 5.21. The first kappa shape index (κ1) is 14.5. The zero-order valence-corrected chi connectivity index (χ0v) is 14.6. The maximum Gasteiger partial charge on any atom is 0.0361 e. The van der Waals surface area contributed by atoms with Crippen molar-refractivity contribution in [3.05, 3.63) is 72.3 Å². The van der Waals surface area contributed by atoms with E-state index in [0.717, 1.165) is 0 Å². The van der Waals surface area contributed by atoms with Gasteiger partial charge in [0.2, 0.25) is 0 Å². The highest BCUT2D eigenvalue weighted by Crippen LogP contribution is 2.43. The lowest BCUT2D eigenvalue weighted by Gasteiger charge is -2.21. The molecule has 0 atom stereocenters. The fourth-order valence-corrected chi connectivity index (χ4v) is 4.51. The molecule has 0 radical (unpaired) electrons. The molecule has 0 N–H and O–H groups in total. The zero-order valence-electron chi connectivity index (χ0n) is 13.8. The lowest BCUT2D eigenvalue weighted by Crippen LogP contribution is -2.11. The van der Waals surface area contributed by atoms with Gasteiger partial charge in [0.05, 0.1) is 0 Å². The van der Waals surface area contributed by atoms with Crippen molar-refractivity contribution in [1.82, 2.24) is 0 Å². The predicted molar refractivity (Wildman–Crippen MR) is 103 cm³/mol. The van der Waals surface area contributed by atoms with Gasteiger partial charge in [0.25, 0.3) is 0 Å². The fourth-order valence-electron chi connectivity index (χ4n) is 3.35. The molecule has 114 valence electrons. The number of rotatable bonds is 1. The smallest absolute Gasteiger partial charge is 0.0361 e. The van der Waals surface area contributed by atoms with E-state index in [4.69, 9.17) is 0 Å². The second-order valence-electron chi connectivity index (χ2n) is 7.08. The first-order valence-corrected chi connectivity index (χ1v) is 8.87. The van der Waals surface area contributed by atoms with Gasteiger partial charge in [0, 0.05) is 20.2 Å². The van der Waals surface area contributed by atoms with Gasteiger partial charge in [-0.2, -0.15) is 0 Å². The molecule has 0 spiro atoms. The quantitative estimate of drug-likeness (QED) is 0.354. The van der Waals surface area contributed by atoms with Gasteiger partial charge < -0.3 is 0 Å². The van der Waals surface area contributed by atoms with Gasteiger partial charge in [0.1, 0.15) is 0 Å². The number of hydrogen-bond donors (Lipinski definition) is 0. The average Bonchev–Trinajstić information content (AvgIpc) is 2.93. The molecule has 1 aromatic heterocycles. The van der Waals surface area contributed by atoms with Crippen molar-refractivity contribution in [2.45, 2.75) is 26.2 Å². The van der Waals surface area contributed by atoms with Crippen molar-refractivity contribution >= 4 is 31.5 Å². The summed E-state index contributed by atoms with van der Waals surface area (Å²) in [6.45, 7) is 6.91. The highest BCUT2D eigenvalue weighted by atomic mass is 32.1. The summed E-state index contributed by atoms with van der Waals surface area (Å²) in [7, 11) is 0. The highest BCUT2D eigenvalue weighted by molar-refractivity contribution is 7.26. The summed E-state index contributed by atoms with van der Waals surface area (Å²) in [5, 5.41) is 2.84. The second-order valence-corrected chi connectivity index (χ2v) is 8.16. The van der Waals surface area contributed by atoms with Gasteiger partial charge in [0.15, 0.2) is 0 Å². The van der Waals surface area contributed by atoms with Crippen LogP contribution in [0.2, 0.25) is 0 Å². The Morgan fingerprint density at radius 2 is 1.30 bits per heavy atom. The minimum absolute atomic E-state index is 0.136. The van der Waals surface area contributed by atoms with Gasteiger partial charge >= 0.3 is 0 Å². The summed E-state index contributed by atoms with van der Waals surface area (Å²) in [5.41, 5.74) is 4.20. The predicted octanol–water partition coefficient (Wildman–Crippen LogP) is 7.02. The first-order chi connectivity index (χ1) is 11.1. The summed E-state index contributed by atoms with van der Waals surface area (Å²) < 4.78 is 2.76. The monoisotopic (exact) mass is 316 g/mol. The fraction of sp³-hybridized carbons (Fsp3) is 0.182. The van der Waals surface area contributed by atoms with E-state index in [2.05, 4.69) is 87.5 Å². The zero-order chi connectivity index (χ0) is 16.0. The van der Waals surface area contributed by atoms with Crippen LogP contribution in [0.1, 0.15) is 26.3 Å². The normalized spacial score (nSPS) is 12.1. The SMILES string of the molecule is CC(C)(C)c1cccc2sc3cccc(-c4ccccc4)c3c12. The molecule has 0 bridgehead atoms. The van der Waals surface area contributed by atoms with Crippen LogP contribution in [0.15, 0.2) is 66.7 Å². The number of thiophene rings is 1. The highest BCUT2D eigenvalue weighted by Gasteiger charge is 2.20. The Kier molecular flexibility index (Phi) is 3.28. The van der Waals surface area contributed by atoms with Crippen LogP contribution in [0.25, 0.3) is 31.3 Å². The molecule has 0 saturated heterocycles. The summed E-state index contributed by atoms with van der Waals surface area (Å²) in [5.74, 6) is 0. The topological polar surface area (TPSA) is 0 Å². The van der Waals surface area contributed by atoms with E-state index in [1.807, 2.05) is 11.3 Å². The van der Waals surface area contributed by atoms with Gasteiger partial charge in [-0.05, 0) is 34.2 Å². The maximum absolute atomic E-state index is 2.30. The molecule has 0 fully saturated rings. The van der Waals surface area contributed by atoms with Crippen molar-refractivity contribution in [1.29, 1.82) is 0 Å². The molecule has 0 amide bonds. The third-order valence-electron chi connectivity index (χ3n) is 4.42. The maximum atomic E-state index is 2.30. The molecular formula is C22H20S. The standard InChI is InChI=1S/C22H20S/c1-22(2,3)17-12-8-14-19-21(17)20-16(11-7-13-18(20)23-19)15-9-5-4-6-10-15/h4-14H,1-3H3. The number of fused-ring (bicyclic) bond motifs is 3. The van der Waals surface area contributed by atoms with E-state index in [0.29, 0.717) is 0 Å². The van der Waals surface area contributed by atoms with E-state index in [1.165, 1.54) is 36.9 Å². The van der Waals surface area contributed by atoms with Crippen molar-refractivity contribution in [2.75, 3.05) is 0 Å². The van der Waals surface area contributed by atoms with Crippen molar-refractivity contribution < 1.29 is 0 Å². The van der Waals surface area contributed by atoms with E-state index in [1.54, 1.807) is 0 Å². The Hall–Kier alpha value is -2.12. The molecule has 0 unspecified atom stereocenters. The Morgan fingerprint density at radius 3 is 2.00 bits per heavy atom. The summed E-state index contributed by atoms with van der Waals surface area (Å²) in [6.07, 6.45) is 0. The molecule has 0 nitrogen and oxygen atoms in total. The van der Waals surface area contributed by atoms with E-state index < -0.39 is 0 Å². The summed E-state index contributed by atoms with van der Waals surface area (Å²) in [4.78, 5) is 0. The van der Waals surface area contributed by atoms with Crippen molar-refractivity contribution in [2.24, 2.45) is 0 Å².